The van der Waals surface area contributed by atoms with Crippen LogP contribution in [0.25, 0.3) is 16.9 Å². The van der Waals surface area contributed by atoms with Gasteiger partial charge in [0.15, 0.2) is 5.69 Å². The Morgan fingerprint density at radius 2 is 2.08 bits per heavy atom. The molecule has 6 heteroatoms. The standard InChI is InChI=1S/C19H23N6/c1-3-11-21-19(20)23-22-13-15-7-9-16(10-8-15)17-14-25-12-5-4-6-18(25)24(17)2/h4-10,12-14H,3,11H2,1-2H3,(H3,20,21,23)/q+1/p+1/b22-13-. The molecule has 25 heavy (non-hydrogen) atoms. The molecule has 4 N–H and O–H groups in total. The molecule has 0 aliphatic rings. The van der Waals surface area contributed by atoms with E-state index in [-0.39, 0.29) is 0 Å². The van der Waals surface area contributed by atoms with Gasteiger partial charge < -0.3 is 0 Å². The first-order chi connectivity index (χ1) is 12.2. The van der Waals surface area contributed by atoms with Crippen LogP contribution in [0.3, 0.4) is 0 Å². The number of fused-ring (bicyclic) bond motifs is 1. The number of imidazole rings is 1. The maximum Gasteiger partial charge on any atom is 0.365 e. The SMILES string of the molecule is CCC[NH+]=C(N)N/N=C\c1ccc(-c2c[n+]3ccccc3n2C)cc1. The quantitative estimate of drug-likeness (QED) is 0.269. The van der Waals surface area contributed by atoms with Gasteiger partial charge in [-0.05, 0) is 30.2 Å². The van der Waals surface area contributed by atoms with Crippen molar-refractivity contribution in [1.82, 2.24) is 9.99 Å². The van der Waals surface area contributed by atoms with Crippen molar-refractivity contribution in [2.75, 3.05) is 6.54 Å². The van der Waals surface area contributed by atoms with Gasteiger partial charge in [0.2, 0.25) is 0 Å². The summed E-state index contributed by atoms with van der Waals surface area (Å²) >= 11 is 0. The zero-order valence-corrected chi connectivity index (χ0v) is 14.6. The zero-order valence-electron chi connectivity index (χ0n) is 14.6. The largest absolute Gasteiger partial charge is 0.365 e. The van der Waals surface area contributed by atoms with E-state index >= 15 is 0 Å². The molecule has 6 nitrogen and oxygen atoms in total. The van der Waals surface area contributed by atoms with Crippen LogP contribution in [-0.4, -0.2) is 23.3 Å². The van der Waals surface area contributed by atoms with E-state index in [4.69, 9.17) is 5.73 Å². The number of rotatable bonds is 5. The number of hydrogen-bond acceptors (Lipinski definition) is 1. The second-order valence-corrected chi connectivity index (χ2v) is 5.87. The molecule has 0 bridgehead atoms. The summed E-state index contributed by atoms with van der Waals surface area (Å²) in [6.45, 7) is 2.91. The Kier molecular flexibility index (Phi) is 5.09. The monoisotopic (exact) mass is 336 g/mol. The van der Waals surface area contributed by atoms with Crippen molar-refractivity contribution in [2.24, 2.45) is 17.9 Å². The molecule has 1 aromatic carbocycles. The molecular formula is C19H24N6+2. The van der Waals surface area contributed by atoms with E-state index in [1.807, 2.05) is 24.3 Å². The number of pyridine rings is 1. The minimum Gasteiger partial charge on any atom is -0.289 e. The average Bonchev–Trinajstić information content (AvgIpc) is 2.98. The van der Waals surface area contributed by atoms with E-state index in [1.165, 1.54) is 0 Å². The van der Waals surface area contributed by atoms with Crippen molar-refractivity contribution >= 4 is 17.8 Å². The van der Waals surface area contributed by atoms with E-state index in [0.717, 1.165) is 35.4 Å². The molecule has 0 atom stereocenters. The maximum atomic E-state index is 5.75. The minimum atomic E-state index is 0.460. The molecule has 0 saturated carbocycles. The number of benzene rings is 1. The third kappa shape index (κ3) is 3.85. The number of aryl methyl sites for hydroxylation is 1. The topological polar surface area (TPSA) is 73.4 Å². The van der Waals surface area contributed by atoms with Crippen LogP contribution in [0.1, 0.15) is 18.9 Å². The molecule has 0 amide bonds. The summed E-state index contributed by atoms with van der Waals surface area (Å²) in [5.41, 5.74) is 13.0. The number of nitrogens with two attached hydrogens (primary N) is 1. The molecule has 0 unspecified atom stereocenters. The van der Waals surface area contributed by atoms with Crippen molar-refractivity contribution in [3.63, 3.8) is 0 Å². The smallest absolute Gasteiger partial charge is 0.289 e. The van der Waals surface area contributed by atoms with Crippen LogP contribution in [0, 0.1) is 0 Å². The zero-order chi connectivity index (χ0) is 17.6. The van der Waals surface area contributed by atoms with Crippen LogP contribution >= 0.6 is 0 Å². The van der Waals surface area contributed by atoms with E-state index in [9.17, 15) is 0 Å². The number of nitrogens with one attached hydrogen (secondary N) is 2. The second-order valence-electron chi connectivity index (χ2n) is 5.87. The van der Waals surface area contributed by atoms with Crippen LogP contribution in [0.4, 0.5) is 0 Å². The van der Waals surface area contributed by atoms with Crippen LogP contribution in [0.5, 0.6) is 0 Å². The van der Waals surface area contributed by atoms with E-state index in [0.29, 0.717) is 5.96 Å². The van der Waals surface area contributed by atoms with Gasteiger partial charge in [-0.3, -0.25) is 10.7 Å². The number of aromatic nitrogens is 2. The van der Waals surface area contributed by atoms with Crippen molar-refractivity contribution in [2.45, 2.75) is 13.3 Å². The predicted octanol–water partition coefficient (Wildman–Crippen LogP) is 0.160. The van der Waals surface area contributed by atoms with Gasteiger partial charge in [0.1, 0.15) is 6.20 Å². The fourth-order valence-electron chi connectivity index (χ4n) is 2.67. The summed E-state index contributed by atoms with van der Waals surface area (Å²) in [6, 6.07) is 14.4. The van der Waals surface area contributed by atoms with Crippen molar-refractivity contribution < 1.29 is 9.39 Å². The second kappa shape index (κ2) is 7.61. The molecule has 0 fully saturated rings. The first-order valence-electron chi connectivity index (χ1n) is 8.40. The lowest BCUT2D eigenvalue weighted by Gasteiger charge is -1.98. The Bertz CT molecular complexity index is 905. The summed E-state index contributed by atoms with van der Waals surface area (Å²) in [4.78, 5) is 3.03. The van der Waals surface area contributed by atoms with Gasteiger partial charge in [0.05, 0.1) is 26.0 Å². The Morgan fingerprint density at radius 3 is 2.80 bits per heavy atom. The van der Waals surface area contributed by atoms with E-state index in [2.05, 4.69) is 69.1 Å². The van der Waals surface area contributed by atoms with Gasteiger partial charge in [-0.15, -0.1) is 5.10 Å². The lowest BCUT2D eigenvalue weighted by molar-refractivity contribution is -0.510. The van der Waals surface area contributed by atoms with Crippen molar-refractivity contribution in [3.05, 3.63) is 60.4 Å². The van der Waals surface area contributed by atoms with Crippen LogP contribution in [0.15, 0.2) is 60.0 Å². The predicted molar refractivity (Wildman–Crippen MR) is 100 cm³/mol. The Hall–Kier alpha value is -3.15. The minimum absolute atomic E-state index is 0.460. The fourth-order valence-corrected chi connectivity index (χ4v) is 2.67. The first kappa shape index (κ1) is 16.7. The highest BCUT2D eigenvalue weighted by atomic mass is 15.3. The van der Waals surface area contributed by atoms with Crippen LogP contribution in [0.2, 0.25) is 0 Å². The van der Waals surface area contributed by atoms with Gasteiger partial charge in [0, 0.05) is 11.6 Å². The summed E-state index contributed by atoms with van der Waals surface area (Å²) in [5.74, 6) is 0.460. The summed E-state index contributed by atoms with van der Waals surface area (Å²) in [6.07, 6.45) is 6.95. The third-order valence-electron chi connectivity index (χ3n) is 4.00. The number of hydrazone groups is 1. The maximum absolute atomic E-state index is 5.75. The Morgan fingerprint density at radius 1 is 1.28 bits per heavy atom. The third-order valence-corrected chi connectivity index (χ3v) is 4.00. The normalized spacial score (nSPS) is 12.2. The molecule has 0 radical (unpaired) electrons. The molecule has 2 aromatic heterocycles. The molecule has 3 aromatic rings. The summed E-state index contributed by atoms with van der Waals surface area (Å²) in [7, 11) is 2.08. The fraction of sp³-hybridized carbons (Fsp3) is 0.211. The Balaban J connectivity index is 1.74. The summed E-state index contributed by atoms with van der Waals surface area (Å²) in [5, 5.41) is 4.14. The van der Waals surface area contributed by atoms with Gasteiger partial charge in [0.25, 0.3) is 5.65 Å². The molecule has 0 spiro atoms. The Labute approximate surface area is 147 Å². The molecule has 2 heterocycles. The van der Waals surface area contributed by atoms with Crippen LogP contribution in [-0.2, 0) is 7.05 Å². The molecule has 0 aliphatic carbocycles. The number of hydrogen-bond donors (Lipinski definition) is 3. The summed E-state index contributed by atoms with van der Waals surface area (Å²) < 4.78 is 4.30. The molecule has 3 rings (SSSR count). The number of nitrogens with zero attached hydrogens (tertiary/aromatic N) is 3. The number of guanidine groups is 1. The van der Waals surface area contributed by atoms with E-state index in [1.54, 1.807) is 6.21 Å². The molecule has 128 valence electrons. The van der Waals surface area contributed by atoms with Gasteiger partial charge in [-0.25, -0.2) is 8.97 Å². The van der Waals surface area contributed by atoms with Crippen molar-refractivity contribution in [3.8, 4) is 11.3 Å². The lowest BCUT2D eigenvalue weighted by Crippen LogP contribution is -2.78. The highest BCUT2D eigenvalue weighted by Crippen LogP contribution is 2.19. The molecule has 0 aliphatic heterocycles. The highest BCUT2D eigenvalue weighted by Gasteiger charge is 2.14. The first-order valence-corrected chi connectivity index (χ1v) is 8.40. The average molecular weight is 336 g/mol. The highest BCUT2D eigenvalue weighted by molar-refractivity contribution is 5.82. The van der Waals surface area contributed by atoms with Crippen LogP contribution < -0.4 is 20.6 Å². The van der Waals surface area contributed by atoms with Crippen molar-refractivity contribution in [1.29, 1.82) is 0 Å². The van der Waals surface area contributed by atoms with Gasteiger partial charge >= 0.3 is 5.96 Å². The molecular weight excluding hydrogens is 312 g/mol. The van der Waals surface area contributed by atoms with Gasteiger partial charge in [-0.1, -0.05) is 25.1 Å². The molecule has 0 saturated heterocycles. The lowest BCUT2D eigenvalue weighted by atomic mass is 10.1. The van der Waals surface area contributed by atoms with Gasteiger partial charge in [-0.2, -0.15) is 5.43 Å². The van der Waals surface area contributed by atoms with E-state index < -0.39 is 0 Å².